The van der Waals surface area contributed by atoms with Crippen molar-refractivity contribution in [3.8, 4) is 0 Å². The van der Waals surface area contributed by atoms with Crippen LogP contribution in [0.1, 0.15) is 56.6 Å². The predicted octanol–water partition coefficient (Wildman–Crippen LogP) is 4.00. The summed E-state index contributed by atoms with van der Waals surface area (Å²) in [5.41, 5.74) is 7.05. The van der Waals surface area contributed by atoms with Gasteiger partial charge in [-0.2, -0.15) is 0 Å². The van der Waals surface area contributed by atoms with Crippen LogP contribution in [-0.2, 0) is 0 Å². The van der Waals surface area contributed by atoms with E-state index >= 15 is 0 Å². The molecular formula is C22H30N2O. The lowest BCUT2D eigenvalue weighted by Crippen LogP contribution is -2.39. The molecule has 0 aromatic heterocycles. The van der Waals surface area contributed by atoms with E-state index in [2.05, 4.69) is 47.4 Å². The van der Waals surface area contributed by atoms with E-state index in [4.69, 9.17) is 5.73 Å². The topological polar surface area (TPSA) is 49.5 Å². The zero-order valence-electron chi connectivity index (χ0n) is 15.0. The SMILES string of the molecule is N[C@H]1CCN(C(CC2(O)CCCCC2)c2cccc3ccccc23)C1. The van der Waals surface area contributed by atoms with Crippen molar-refractivity contribution in [3.63, 3.8) is 0 Å². The first-order valence-electron chi connectivity index (χ1n) is 9.84. The largest absolute Gasteiger partial charge is 0.390 e. The van der Waals surface area contributed by atoms with Crippen LogP contribution in [0.15, 0.2) is 42.5 Å². The lowest BCUT2D eigenvalue weighted by atomic mass is 9.78. The Bertz CT molecular complexity index is 718. The quantitative estimate of drug-likeness (QED) is 0.886. The van der Waals surface area contributed by atoms with Crippen molar-refractivity contribution in [2.45, 2.75) is 62.6 Å². The van der Waals surface area contributed by atoms with Crippen LogP contribution in [0.4, 0.5) is 0 Å². The zero-order chi connectivity index (χ0) is 17.3. The maximum atomic E-state index is 11.2. The highest BCUT2D eigenvalue weighted by Crippen LogP contribution is 2.41. The number of benzene rings is 2. The van der Waals surface area contributed by atoms with Gasteiger partial charge in [-0.05, 0) is 42.0 Å². The third-order valence-electron chi connectivity index (χ3n) is 6.24. The zero-order valence-corrected chi connectivity index (χ0v) is 15.0. The van der Waals surface area contributed by atoms with Gasteiger partial charge in [0.1, 0.15) is 0 Å². The van der Waals surface area contributed by atoms with Gasteiger partial charge in [0.2, 0.25) is 0 Å². The third kappa shape index (κ3) is 3.59. The first-order valence-corrected chi connectivity index (χ1v) is 9.84. The van der Waals surface area contributed by atoms with Crippen LogP contribution in [0.5, 0.6) is 0 Å². The Labute approximate surface area is 150 Å². The minimum Gasteiger partial charge on any atom is -0.390 e. The van der Waals surface area contributed by atoms with E-state index in [1.807, 2.05) is 0 Å². The van der Waals surface area contributed by atoms with Gasteiger partial charge in [0, 0.05) is 25.2 Å². The monoisotopic (exact) mass is 338 g/mol. The summed E-state index contributed by atoms with van der Waals surface area (Å²) in [5.74, 6) is 0. The summed E-state index contributed by atoms with van der Waals surface area (Å²) >= 11 is 0. The summed E-state index contributed by atoms with van der Waals surface area (Å²) in [4.78, 5) is 2.51. The molecule has 3 heteroatoms. The first-order chi connectivity index (χ1) is 12.1. The van der Waals surface area contributed by atoms with Crippen molar-refractivity contribution >= 4 is 10.8 Å². The molecule has 0 radical (unpaired) electrons. The van der Waals surface area contributed by atoms with Crippen molar-refractivity contribution in [2.75, 3.05) is 13.1 Å². The van der Waals surface area contributed by atoms with Gasteiger partial charge in [-0.15, -0.1) is 0 Å². The summed E-state index contributed by atoms with van der Waals surface area (Å²) in [5, 5.41) is 13.8. The van der Waals surface area contributed by atoms with E-state index in [0.29, 0.717) is 0 Å². The minimum atomic E-state index is -0.521. The first kappa shape index (κ1) is 17.0. The second-order valence-electron chi connectivity index (χ2n) is 8.12. The average molecular weight is 338 g/mol. The fraction of sp³-hybridized carbons (Fsp3) is 0.545. The molecule has 3 nitrogen and oxygen atoms in total. The maximum Gasteiger partial charge on any atom is 0.0666 e. The molecule has 1 aliphatic heterocycles. The number of aliphatic hydroxyl groups is 1. The minimum absolute atomic E-state index is 0.253. The second-order valence-corrected chi connectivity index (χ2v) is 8.12. The number of fused-ring (bicyclic) bond motifs is 1. The number of likely N-dealkylation sites (tertiary alicyclic amines) is 1. The Morgan fingerprint density at radius 1 is 1.08 bits per heavy atom. The summed E-state index contributed by atoms with van der Waals surface area (Å²) in [6.45, 7) is 1.97. The fourth-order valence-electron chi connectivity index (χ4n) is 4.85. The van der Waals surface area contributed by atoms with Crippen LogP contribution in [0.3, 0.4) is 0 Å². The van der Waals surface area contributed by atoms with Crippen LogP contribution in [-0.4, -0.2) is 34.7 Å². The standard InChI is InChI=1S/C22H30N2O/c23-18-11-14-24(16-18)21(15-22(25)12-4-1-5-13-22)20-10-6-8-17-7-2-3-9-19(17)20/h2-3,6-10,18,21,25H,1,4-5,11-16,23H2/t18-,21?/m0/s1. The number of hydrogen-bond acceptors (Lipinski definition) is 3. The Kier molecular flexibility index (Phi) is 4.81. The molecule has 1 unspecified atom stereocenters. The van der Waals surface area contributed by atoms with E-state index in [-0.39, 0.29) is 12.1 Å². The van der Waals surface area contributed by atoms with Crippen LogP contribution in [0.2, 0.25) is 0 Å². The van der Waals surface area contributed by atoms with Gasteiger partial charge < -0.3 is 10.8 Å². The molecule has 4 rings (SSSR count). The summed E-state index contributed by atoms with van der Waals surface area (Å²) in [6.07, 6.45) is 7.32. The predicted molar refractivity (Wildman–Crippen MR) is 104 cm³/mol. The molecule has 2 aromatic rings. The van der Waals surface area contributed by atoms with Gasteiger partial charge >= 0.3 is 0 Å². The molecule has 1 saturated heterocycles. The van der Waals surface area contributed by atoms with Crippen LogP contribution >= 0.6 is 0 Å². The normalized spacial score (nSPS) is 25.3. The summed E-state index contributed by atoms with van der Waals surface area (Å²) in [6, 6.07) is 15.7. The van der Waals surface area contributed by atoms with Crippen molar-refractivity contribution in [2.24, 2.45) is 5.73 Å². The summed E-state index contributed by atoms with van der Waals surface area (Å²) < 4.78 is 0. The molecule has 25 heavy (non-hydrogen) atoms. The molecule has 2 aliphatic rings. The second kappa shape index (κ2) is 7.06. The third-order valence-corrected chi connectivity index (χ3v) is 6.24. The molecule has 0 amide bonds. The molecule has 2 atom stereocenters. The molecule has 2 aromatic carbocycles. The Morgan fingerprint density at radius 2 is 1.84 bits per heavy atom. The molecule has 3 N–H and O–H groups in total. The fourth-order valence-corrected chi connectivity index (χ4v) is 4.85. The van der Waals surface area contributed by atoms with E-state index in [1.54, 1.807) is 0 Å². The van der Waals surface area contributed by atoms with Gasteiger partial charge in [0.05, 0.1) is 5.60 Å². The van der Waals surface area contributed by atoms with Gasteiger partial charge in [-0.3, -0.25) is 4.90 Å². The van der Waals surface area contributed by atoms with Crippen molar-refractivity contribution < 1.29 is 5.11 Å². The Hall–Kier alpha value is -1.42. The van der Waals surface area contributed by atoms with Gasteiger partial charge in [-0.25, -0.2) is 0 Å². The van der Waals surface area contributed by atoms with Crippen molar-refractivity contribution in [1.82, 2.24) is 4.90 Å². The smallest absolute Gasteiger partial charge is 0.0666 e. The highest BCUT2D eigenvalue weighted by Gasteiger charge is 2.37. The van der Waals surface area contributed by atoms with Crippen LogP contribution in [0.25, 0.3) is 10.8 Å². The van der Waals surface area contributed by atoms with E-state index in [0.717, 1.165) is 51.6 Å². The molecular weight excluding hydrogens is 308 g/mol. The van der Waals surface area contributed by atoms with E-state index in [1.165, 1.54) is 22.8 Å². The number of rotatable bonds is 4. The van der Waals surface area contributed by atoms with Crippen LogP contribution in [0, 0.1) is 0 Å². The molecule has 0 spiro atoms. The van der Waals surface area contributed by atoms with Crippen molar-refractivity contribution in [3.05, 3.63) is 48.0 Å². The summed E-state index contributed by atoms with van der Waals surface area (Å²) in [7, 11) is 0. The molecule has 134 valence electrons. The van der Waals surface area contributed by atoms with Gasteiger partial charge in [0.25, 0.3) is 0 Å². The average Bonchev–Trinajstić information content (AvgIpc) is 3.06. The van der Waals surface area contributed by atoms with E-state index in [9.17, 15) is 5.11 Å². The van der Waals surface area contributed by atoms with E-state index < -0.39 is 5.60 Å². The lowest BCUT2D eigenvalue weighted by Gasteiger charge is -2.39. The maximum absolute atomic E-state index is 11.2. The lowest BCUT2D eigenvalue weighted by molar-refractivity contribution is -0.0254. The van der Waals surface area contributed by atoms with Crippen LogP contribution < -0.4 is 5.73 Å². The highest BCUT2D eigenvalue weighted by molar-refractivity contribution is 5.86. The number of hydrogen-bond donors (Lipinski definition) is 2. The van der Waals surface area contributed by atoms with Gasteiger partial charge in [-0.1, -0.05) is 61.7 Å². The Morgan fingerprint density at radius 3 is 2.60 bits per heavy atom. The van der Waals surface area contributed by atoms with Crippen molar-refractivity contribution in [1.29, 1.82) is 0 Å². The van der Waals surface area contributed by atoms with Gasteiger partial charge in [0.15, 0.2) is 0 Å². The molecule has 1 heterocycles. The Balaban J connectivity index is 1.71. The molecule has 1 saturated carbocycles. The molecule has 1 aliphatic carbocycles. The molecule has 2 fully saturated rings. The number of nitrogens with two attached hydrogens (primary N) is 1. The highest BCUT2D eigenvalue weighted by atomic mass is 16.3. The molecule has 0 bridgehead atoms. The number of nitrogens with zero attached hydrogens (tertiary/aromatic N) is 1.